The average molecular weight is 324 g/mol. The molecule has 3 rings (SSSR count). The van der Waals surface area contributed by atoms with E-state index in [1.807, 2.05) is 0 Å². The van der Waals surface area contributed by atoms with Gasteiger partial charge in [0.2, 0.25) is 0 Å². The zero-order valence-electron chi connectivity index (χ0n) is 10.5. The number of nitrogen functional groups attached to an aromatic ring is 1. The molecule has 1 atom stereocenters. The molecule has 2 aliphatic rings. The number of hydrogen-bond donors (Lipinski definition) is 1. The van der Waals surface area contributed by atoms with Gasteiger partial charge < -0.3 is 5.73 Å². The van der Waals surface area contributed by atoms with Crippen LogP contribution in [0.4, 0.5) is 5.13 Å². The number of halogens is 1. The molecule has 0 bridgehead atoms. The Bertz CT molecular complexity index is 542. The third-order valence-corrected chi connectivity index (χ3v) is 6.16. The minimum absolute atomic E-state index is 0. The lowest BCUT2D eigenvalue weighted by Crippen LogP contribution is -2.37. The highest BCUT2D eigenvalue weighted by Gasteiger charge is 2.39. The quantitative estimate of drug-likeness (QED) is 0.903. The van der Waals surface area contributed by atoms with Crippen molar-refractivity contribution in [3.63, 3.8) is 0 Å². The number of aromatic nitrogens is 1. The van der Waals surface area contributed by atoms with Crippen molar-refractivity contribution in [1.82, 2.24) is 9.88 Å². The largest absolute Gasteiger partial charge is 0.375 e. The van der Waals surface area contributed by atoms with Gasteiger partial charge in [-0.25, -0.2) is 13.4 Å². The summed E-state index contributed by atoms with van der Waals surface area (Å²) < 4.78 is 23.2. The van der Waals surface area contributed by atoms with E-state index in [2.05, 4.69) is 9.88 Å². The van der Waals surface area contributed by atoms with Gasteiger partial charge in [-0.1, -0.05) is 0 Å². The molecule has 2 N–H and O–H groups in total. The van der Waals surface area contributed by atoms with Crippen LogP contribution in [0.25, 0.3) is 0 Å². The smallest absolute Gasteiger partial charge is 0.180 e. The van der Waals surface area contributed by atoms with Gasteiger partial charge in [0.05, 0.1) is 11.5 Å². The molecule has 5 nitrogen and oxygen atoms in total. The normalized spacial score (nSPS) is 25.4. The molecule has 8 heteroatoms. The van der Waals surface area contributed by atoms with Crippen molar-refractivity contribution < 1.29 is 8.42 Å². The summed E-state index contributed by atoms with van der Waals surface area (Å²) in [6.45, 7) is 0.791. The summed E-state index contributed by atoms with van der Waals surface area (Å²) in [6.07, 6.45) is 4.95. The maximum Gasteiger partial charge on any atom is 0.180 e. The van der Waals surface area contributed by atoms with Crippen LogP contribution in [0, 0.1) is 0 Å². The summed E-state index contributed by atoms with van der Waals surface area (Å²) in [4.78, 5) is 7.53. The fourth-order valence-electron chi connectivity index (χ4n) is 2.58. The molecule has 1 saturated carbocycles. The Morgan fingerprint density at radius 3 is 2.58 bits per heavy atom. The molecule has 0 aromatic carbocycles. The second-order valence-corrected chi connectivity index (χ2v) is 8.50. The Morgan fingerprint density at radius 1 is 1.37 bits per heavy atom. The van der Waals surface area contributed by atoms with Crippen molar-refractivity contribution in [1.29, 1.82) is 0 Å². The van der Waals surface area contributed by atoms with E-state index in [-0.39, 0.29) is 18.4 Å². The standard InChI is InChI=1S/C11H17N3O2S2.ClH/c12-11-13-5-10(17-11)6-14(8-1-2-8)9-3-4-18(15,16)7-9;/h5,8-9H,1-4,6-7H2,(H2,12,13);1H. The molecule has 0 radical (unpaired) electrons. The van der Waals surface area contributed by atoms with Gasteiger partial charge in [-0.15, -0.1) is 23.7 Å². The predicted molar refractivity (Wildman–Crippen MR) is 79.4 cm³/mol. The Kier molecular flexibility index (Phi) is 4.39. The number of nitrogens with zero attached hydrogens (tertiary/aromatic N) is 2. The molecule has 0 spiro atoms. The van der Waals surface area contributed by atoms with Gasteiger partial charge in [0.15, 0.2) is 15.0 Å². The number of thiazole rings is 1. The second-order valence-electron chi connectivity index (χ2n) is 5.13. The third kappa shape index (κ3) is 3.59. The van der Waals surface area contributed by atoms with E-state index in [4.69, 9.17) is 5.73 Å². The van der Waals surface area contributed by atoms with Gasteiger partial charge >= 0.3 is 0 Å². The van der Waals surface area contributed by atoms with E-state index >= 15 is 0 Å². The molecular formula is C11H18ClN3O2S2. The van der Waals surface area contributed by atoms with E-state index in [9.17, 15) is 8.42 Å². The van der Waals surface area contributed by atoms with Crippen LogP contribution >= 0.6 is 23.7 Å². The summed E-state index contributed by atoms with van der Waals surface area (Å²) in [7, 11) is -2.81. The van der Waals surface area contributed by atoms with Crippen LogP contribution in [0.2, 0.25) is 0 Å². The Labute approximate surface area is 123 Å². The zero-order valence-corrected chi connectivity index (χ0v) is 12.9. The first-order valence-electron chi connectivity index (χ1n) is 6.20. The summed E-state index contributed by atoms with van der Waals surface area (Å²) >= 11 is 1.50. The van der Waals surface area contributed by atoms with Crippen LogP contribution < -0.4 is 5.73 Å². The number of anilines is 1. The molecule has 1 aliphatic carbocycles. The summed E-state index contributed by atoms with van der Waals surface area (Å²) in [5.74, 6) is 0.656. The highest BCUT2D eigenvalue weighted by molar-refractivity contribution is 7.91. The third-order valence-electron chi connectivity index (χ3n) is 3.60. The minimum atomic E-state index is -2.81. The topological polar surface area (TPSA) is 76.3 Å². The Balaban J connectivity index is 0.00000133. The Morgan fingerprint density at radius 2 is 2.11 bits per heavy atom. The van der Waals surface area contributed by atoms with Gasteiger partial charge in [0, 0.05) is 29.7 Å². The summed E-state index contributed by atoms with van der Waals surface area (Å²) in [5, 5.41) is 0.583. The average Bonchev–Trinajstić information content (AvgIpc) is 2.96. The summed E-state index contributed by atoms with van der Waals surface area (Å²) in [5.41, 5.74) is 5.64. The predicted octanol–water partition coefficient (Wildman–Crippen LogP) is 1.30. The van der Waals surface area contributed by atoms with Crippen LogP contribution in [0.15, 0.2) is 6.20 Å². The molecule has 0 amide bonds. The Hall–Kier alpha value is -0.370. The van der Waals surface area contributed by atoms with Crippen molar-refractivity contribution in [2.24, 2.45) is 0 Å². The molecule has 2 heterocycles. The molecule has 1 aromatic heterocycles. The molecule has 1 saturated heterocycles. The fourth-order valence-corrected chi connectivity index (χ4v) is 5.01. The van der Waals surface area contributed by atoms with Gasteiger partial charge in [-0.3, -0.25) is 4.90 Å². The number of hydrogen-bond acceptors (Lipinski definition) is 6. The van der Waals surface area contributed by atoms with E-state index in [1.54, 1.807) is 6.20 Å². The van der Waals surface area contributed by atoms with Crippen LogP contribution in [-0.2, 0) is 16.4 Å². The fraction of sp³-hybridized carbons (Fsp3) is 0.727. The molecule has 1 unspecified atom stereocenters. The molecule has 2 fully saturated rings. The van der Waals surface area contributed by atoms with Crippen molar-refractivity contribution in [2.75, 3.05) is 17.2 Å². The number of sulfone groups is 1. The van der Waals surface area contributed by atoms with Gasteiger partial charge in [-0.05, 0) is 19.3 Å². The van der Waals surface area contributed by atoms with E-state index < -0.39 is 9.84 Å². The minimum Gasteiger partial charge on any atom is -0.375 e. The second kappa shape index (κ2) is 5.55. The first-order valence-corrected chi connectivity index (χ1v) is 8.84. The number of nitrogens with two attached hydrogens (primary N) is 1. The first-order chi connectivity index (χ1) is 8.53. The van der Waals surface area contributed by atoms with Crippen LogP contribution in [0.5, 0.6) is 0 Å². The lowest BCUT2D eigenvalue weighted by Gasteiger charge is -2.27. The summed E-state index contributed by atoms with van der Waals surface area (Å²) in [6, 6.07) is 0.748. The van der Waals surface area contributed by atoms with Crippen molar-refractivity contribution >= 4 is 38.7 Å². The van der Waals surface area contributed by atoms with Gasteiger partial charge in [-0.2, -0.15) is 0 Å². The lowest BCUT2D eigenvalue weighted by atomic mass is 10.2. The molecule has 1 aromatic rings. The molecule has 1 aliphatic heterocycles. The SMILES string of the molecule is Cl.Nc1ncc(CN(C2CC2)C2CCS(=O)(=O)C2)s1. The van der Waals surface area contributed by atoms with Crippen LogP contribution in [-0.4, -0.2) is 41.9 Å². The highest BCUT2D eigenvalue weighted by atomic mass is 35.5. The molecule has 108 valence electrons. The van der Waals surface area contributed by atoms with Crippen molar-refractivity contribution in [3.8, 4) is 0 Å². The van der Waals surface area contributed by atoms with E-state index in [0.717, 1.165) is 17.8 Å². The first kappa shape index (κ1) is 15.0. The number of rotatable bonds is 4. The molecule has 19 heavy (non-hydrogen) atoms. The highest BCUT2D eigenvalue weighted by Crippen LogP contribution is 2.34. The maximum absolute atomic E-state index is 11.6. The van der Waals surface area contributed by atoms with E-state index in [0.29, 0.717) is 22.7 Å². The van der Waals surface area contributed by atoms with Crippen molar-refractivity contribution in [3.05, 3.63) is 11.1 Å². The van der Waals surface area contributed by atoms with Crippen LogP contribution in [0.3, 0.4) is 0 Å². The van der Waals surface area contributed by atoms with Crippen molar-refractivity contribution in [2.45, 2.75) is 37.9 Å². The van der Waals surface area contributed by atoms with Crippen LogP contribution in [0.1, 0.15) is 24.1 Å². The lowest BCUT2D eigenvalue weighted by molar-refractivity contribution is 0.194. The van der Waals surface area contributed by atoms with Gasteiger partial charge in [0.25, 0.3) is 0 Å². The van der Waals surface area contributed by atoms with E-state index in [1.165, 1.54) is 24.2 Å². The monoisotopic (exact) mass is 323 g/mol. The maximum atomic E-state index is 11.6. The van der Waals surface area contributed by atoms with Gasteiger partial charge in [0.1, 0.15) is 0 Å². The molecular weight excluding hydrogens is 306 g/mol. The zero-order chi connectivity index (χ0) is 12.8.